The van der Waals surface area contributed by atoms with E-state index in [2.05, 4.69) is 25.0 Å². The van der Waals surface area contributed by atoms with Gasteiger partial charge in [-0.3, -0.25) is 19.3 Å². The first kappa shape index (κ1) is 62.8. The van der Waals surface area contributed by atoms with E-state index in [1.807, 2.05) is 55.5 Å². The molecule has 1 amide bonds. The molecule has 2 fully saturated rings. The number of carbonyl (C=O) groups is 4. The van der Waals surface area contributed by atoms with Crippen molar-refractivity contribution in [2.24, 2.45) is 11.8 Å². The van der Waals surface area contributed by atoms with Gasteiger partial charge in [-0.2, -0.15) is 9.67 Å². The van der Waals surface area contributed by atoms with Crippen LogP contribution in [0.15, 0.2) is 109 Å². The molecule has 456 valence electrons. The minimum Gasteiger partial charge on any atom is -0.493 e. The van der Waals surface area contributed by atoms with E-state index in [4.69, 9.17) is 28.4 Å². The number of esters is 3. The Kier molecular flexibility index (Phi) is 19.8. The summed E-state index contributed by atoms with van der Waals surface area (Å²) in [5.41, 5.74) is -0.000930. The van der Waals surface area contributed by atoms with E-state index in [-0.39, 0.29) is 49.4 Å². The van der Waals surface area contributed by atoms with Gasteiger partial charge in [0.1, 0.15) is 59.5 Å². The van der Waals surface area contributed by atoms with Crippen LogP contribution in [0, 0.1) is 23.5 Å². The Bertz CT molecular complexity index is 3330. The van der Waals surface area contributed by atoms with Gasteiger partial charge in [0.25, 0.3) is 6.33 Å². The van der Waals surface area contributed by atoms with Crippen LogP contribution < -0.4 is 29.7 Å². The summed E-state index contributed by atoms with van der Waals surface area (Å²) in [5.74, 6) is -4.33. The average molecular weight is 1180 g/mol. The molecule has 0 saturated carbocycles. The molecule has 22 nitrogen and oxygen atoms in total. The molecule has 2 aliphatic heterocycles. The number of carbonyl (C=O) groups excluding carboxylic acids is 4. The number of halogens is 2. The summed E-state index contributed by atoms with van der Waals surface area (Å²) in [7, 11) is 1.44. The zero-order valence-corrected chi connectivity index (χ0v) is 49.9. The normalized spacial score (nSPS) is 17.8. The van der Waals surface area contributed by atoms with Crippen molar-refractivity contribution >= 4 is 41.2 Å². The molecule has 3 aromatic heterocycles. The number of hydrogen-bond acceptors (Lipinski definition) is 17. The maximum absolute atomic E-state index is 15.7. The minimum atomic E-state index is -1.28. The number of hydrogen-bond donors (Lipinski definition) is 1. The fraction of sp³-hybridized carbons (Fsp3) is 0.492. The lowest BCUT2D eigenvalue weighted by atomic mass is 9.87. The summed E-state index contributed by atoms with van der Waals surface area (Å²) in [4.78, 5) is 75.9. The van der Waals surface area contributed by atoms with Crippen molar-refractivity contribution in [3.05, 3.63) is 137 Å². The molecule has 6 aromatic rings. The third-order valence-electron chi connectivity index (χ3n) is 14.6. The van der Waals surface area contributed by atoms with Crippen molar-refractivity contribution in [3.63, 3.8) is 0 Å². The quantitative estimate of drug-likeness (QED) is 0.0389. The van der Waals surface area contributed by atoms with Gasteiger partial charge >= 0.3 is 29.7 Å². The monoisotopic (exact) mass is 1180 g/mol. The largest absolute Gasteiger partial charge is 0.493 e. The molecule has 2 saturated heterocycles. The summed E-state index contributed by atoms with van der Waals surface area (Å²) in [6.07, 6.45) is 3.51. The van der Waals surface area contributed by atoms with Gasteiger partial charge in [0, 0.05) is 85.9 Å². The molecule has 0 spiro atoms. The van der Waals surface area contributed by atoms with Gasteiger partial charge in [-0.1, -0.05) is 19.1 Å². The van der Waals surface area contributed by atoms with Crippen LogP contribution in [0.3, 0.4) is 0 Å². The first-order chi connectivity index (χ1) is 40.3. The highest BCUT2D eigenvalue weighted by atomic mass is 19.1. The van der Waals surface area contributed by atoms with Gasteiger partial charge in [-0.25, -0.2) is 32.6 Å². The van der Waals surface area contributed by atoms with E-state index in [9.17, 15) is 33.5 Å². The number of aliphatic hydroxyl groups is 1. The summed E-state index contributed by atoms with van der Waals surface area (Å²) in [6, 6.07) is 21.9. The van der Waals surface area contributed by atoms with Crippen LogP contribution in [0.5, 0.6) is 5.75 Å². The number of nitrogens with zero attached hydrogens (tertiary/aromatic N) is 10. The molecule has 0 radical (unpaired) electrons. The predicted octanol–water partition coefficient (Wildman–Crippen LogP) is 7.78. The third kappa shape index (κ3) is 16.1. The summed E-state index contributed by atoms with van der Waals surface area (Å²) in [6.45, 7) is 18.5. The van der Waals surface area contributed by atoms with E-state index in [0.29, 0.717) is 29.8 Å². The molecule has 0 aliphatic carbocycles. The molecule has 0 bridgehead atoms. The van der Waals surface area contributed by atoms with E-state index in [0.717, 1.165) is 48.5 Å². The molecule has 3 aromatic carbocycles. The highest BCUT2D eigenvalue weighted by Crippen LogP contribution is 2.42. The maximum Gasteiger partial charge on any atom is 0.418 e. The molecular formula is C61H77F2N10O12+. The number of anilines is 3. The van der Waals surface area contributed by atoms with Gasteiger partial charge in [0.2, 0.25) is 12.6 Å². The lowest BCUT2D eigenvalue weighted by Gasteiger charge is -2.37. The van der Waals surface area contributed by atoms with Gasteiger partial charge < -0.3 is 43.3 Å². The highest BCUT2D eigenvalue weighted by Gasteiger charge is 2.47. The van der Waals surface area contributed by atoms with Crippen LogP contribution in [0.4, 0.5) is 30.8 Å². The average Bonchev–Trinajstić information content (AvgIpc) is 2.68. The van der Waals surface area contributed by atoms with Crippen molar-refractivity contribution < 1.29 is 66.1 Å². The van der Waals surface area contributed by atoms with Gasteiger partial charge in [0.05, 0.1) is 49.8 Å². The van der Waals surface area contributed by atoms with E-state index in [1.54, 1.807) is 73.8 Å². The lowest BCUT2D eigenvalue weighted by Crippen LogP contribution is -2.46. The van der Waals surface area contributed by atoms with E-state index < -0.39 is 89.6 Å². The molecular weight excluding hydrogens is 1100 g/mol. The summed E-state index contributed by atoms with van der Waals surface area (Å²) in [5, 5.41) is 18.9. The molecule has 5 heterocycles. The van der Waals surface area contributed by atoms with Crippen LogP contribution in [0.25, 0.3) is 5.69 Å². The van der Waals surface area contributed by atoms with E-state index >= 15 is 4.39 Å². The topological polar surface area (TPSA) is 228 Å². The Hall–Kier alpha value is -8.25. The van der Waals surface area contributed by atoms with Crippen molar-refractivity contribution in [1.29, 1.82) is 0 Å². The summed E-state index contributed by atoms with van der Waals surface area (Å²) < 4.78 is 71.0. The van der Waals surface area contributed by atoms with Crippen LogP contribution in [0.1, 0.15) is 111 Å². The molecule has 1 N–H and O–H groups in total. The third-order valence-corrected chi connectivity index (χ3v) is 14.6. The number of aliphatic hydroxyl groups excluding tert-OH is 1. The highest BCUT2D eigenvalue weighted by molar-refractivity contribution is 5.87. The fourth-order valence-corrected chi connectivity index (χ4v) is 10.4. The van der Waals surface area contributed by atoms with Crippen LogP contribution in [-0.2, 0) is 56.8 Å². The van der Waals surface area contributed by atoms with Gasteiger partial charge in [-0.15, -0.1) is 4.68 Å². The van der Waals surface area contributed by atoms with E-state index in [1.165, 1.54) is 56.5 Å². The SMILES string of the molecule is CC[C@@H]([C@H](C)O)n1ncn(-c2ccc(N3CCN(c4ccc(OC[C@@H]5CO[C@@](Cn6c[n+](C(C)OC(=O)N(C)c7ncccc7COC(=O)CC(CC(=O)OC(C)(C)C)C(=O)OC(C)(C)C)cn6)(c6ccc(F)cc6F)C5)cc4)CC3)cc2)c1=O. The minimum absolute atomic E-state index is 0.0151. The first-order valence-electron chi connectivity index (χ1n) is 28.5. The standard InChI is InChI=1S/C61H77F2N10O12/c1-11-52(40(2)74)73-57(78)72(38-66-73)48-17-15-46(16-18-48)68-25-27-69(28-26-68)47-19-21-49(22-20-47)80-33-42-32-61(82-34-42,50-23-14-45(62)31-51(50)63)36-71-39-70(37-65-71)41(3)83-58(79)67(10)55-43(13-12-24-64-55)35-81-53(75)29-44(56(77)85-60(7,8)9)30-54(76)84-59(4,5)6/h12-24,31,37-42,44,52,74H,11,25-30,32-36H2,1-10H3/q+1/t40-,41?,42+,44?,52-,61-/m0/s1. The molecule has 6 atom stereocenters. The van der Waals surface area contributed by atoms with Crippen LogP contribution >= 0.6 is 0 Å². The number of amides is 1. The zero-order chi connectivity index (χ0) is 61.4. The molecule has 8 rings (SSSR count). The zero-order valence-electron chi connectivity index (χ0n) is 49.9. The second-order valence-electron chi connectivity index (χ2n) is 23.5. The number of pyridine rings is 1. The predicted molar refractivity (Wildman–Crippen MR) is 308 cm³/mol. The number of rotatable bonds is 22. The number of benzene rings is 3. The first-order valence-corrected chi connectivity index (χ1v) is 28.5. The second-order valence-corrected chi connectivity index (χ2v) is 23.5. The van der Waals surface area contributed by atoms with Crippen LogP contribution in [0.2, 0.25) is 0 Å². The number of aromatic nitrogens is 7. The number of piperazine rings is 1. The molecule has 24 heteroatoms. The fourth-order valence-electron chi connectivity index (χ4n) is 10.4. The molecule has 2 unspecified atom stereocenters. The van der Waals surface area contributed by atoms with Crippen LogP contribution in [-0.4, -0.2) is 122 Å². The maximum atomic E-state index is 15.7. The Morgan fingerprint density at radius 1 is 0.859 bits per heavy atom. The van der Waals surface area contributed by atoms with Crippen molar-refractivity contribution in [2.75, 3.05) is 61.1 Å². The lowest BCUT2D eigenvalue weighted by molar-refractivity contribution is -0.753. The van der Waals surface area contributed by atoms with Crippen molar-refractivity contribution in [3.8, 4) is 11.4 Å². The number of ether oxygens (including phenoxy) is 6. The second kappa shape index (κ2) is 26.8. The van der Waals surface area contributed by atoms with Crippen molar-refractivity contribution in [2.45, 2.75) is 136 Å². The van der Waals surface area contributed by atoms with Crippen molar-refractivity contribution in [1.82, 2.24) is 29.1 Å². The van der Waals surface area contributed by atoms with Gasteiger partial charge in [-0.05, 0) is 122 Å². The summed E-state index contributed by atoms with van der Waals surface area (Å²) >= 11 is 0. The Morgan fingerprint density at radius 2 is 1.49 bits per heavy atom. The Balaban J connectivity index is 0.838. The smallest absolute Gasteiger partial charge is 0.418 e. The Morgan fingerprint density at radius 3 is 2.12 bits per heavy atom. The Labute approximate surface area is 492 Å². The molecule has 2 aliphatic rings. The molecule has 85 heavy (non-hydrogen) atoms. The van der Waals surface area contributed by atoms with Gasteiger partial charge in [0.15, 0.2) is 0 Å².